The molecule has 0 aromatic rings. The zero-order valence-electron chi connectivity index (χ0n) is 6.89. The van der Waals surface area contributed by atoms with E-state index in [1.807, 2.05) is 0 Å². The molecular formula is C5H12NO5P. The summed E-state index contributed by atoms with van der Waals surface area (Å²) in [6.07, 6.45) is 0. The fourth-order valence-corrected chi connectivity index (χ4v) is 0.876. The van der Waals surface area contributed by atoms with Crippen LogP contribution in [0.4, 0.5) is 0 Å². The summed E-state index contributed by atoms with van der Waals surface area (Å²) in [7, 11) is -1.89. The van der Waals surface area contributed by atoms with Gasteiger partial charge < -0.3 is 19.9 Å². The van der Waals surface area contributed by atoms with Crippen molar-refractivity contribution in [3.05, 3.63) is 0 Å². The number of carboxylic acids is 1. The summed E-state index contributed by atoms with van der Waals surface area (Å²) in [5.41, 5.74) is 5.08. The van der Waals surface area contributed by atoms with Gasteiger partial charge in [0, 0.05) is 13.8 Å². The van der Waals surface area contributed by atoms with Gasteiger partial charge in [0.2, 0.25) is 0 Å². The van der Waals surface area contributed by atoms with E-state index < -0.39 is 19.6 Å². The number of aliphatic carboxylic acids is 1. The molecule has 0 spiro atoms. The van der Waals surface area contributed by atoms with E-state index in [-0.39, 0.29) is 6.61 Å². The van der Waals surface area contributed by atoms with Crippen LogP contribution in [-0.4, -0.2) is 37.5 Å². The van der Waals surface area contributed by atoms with Gasteiger partial charge in [-0.2, -0.15) is 0 Å². The Morgan fingerprint density at radius 3 is 2.58 bits per heavy atom. The van der Waals surface area contributed by atoms with Crippen LogP contribution < -0.4 is 5.73 Å². The highest BCUT2D eigenvalue weighted by Crippen LogP contribution is 2.42. The molecule has 0 heterocycles. The highest BCUT2D eigenvalue weighted by molar-refractivity contribution is 7.52. The lowest BCUT2D eigenvalue weighted by molar-refractivity contribution is -0.139. The Bertz CT molecular complexity index is 206. The molecule has 0 aromatic heterocycles. The van der Waals surface area contributed by atoms with Crippen LogP contribution in [0.5, 0.6) is 0 Å². The Kier molecular flexibility index (Phi) is 4.41. The zero-order valence-corrected chi connectivity index (χ0v) is 7.78. The lowest BCUT2D eigenvalue weighted by Gasteiger charge is -2.12. The second-order valence-corrected chi connectivity index (χ2v) is 4.36. The van der Waals surface area contributed by atoms with Gasteiger partial charge in [-0.15, -0.1) is 0 Å². The maximum absolute atomic E-state index is 11.0. The molecule has 3 N–H and O–H groups in total. The Labute approximate surface area is 70.2 Å². The second-order valence-electron chi connectivity index (χ2n) is 2.19. The monoisotopic (exact) mass is 197 g/mol. The molecule has 2 atom stereocenters. The Balaban J connectivity index is 3.83. The van der Waals surface area contributed by atoms with Gasteiger partial charge in [-0.25, -0.2) is 0 Å². The van der Waals surface area contributed by atoms with E-state index in [1.54, 1.807) is 0 Å². The maximum Gasteiger partial charge on any atom is 0.327 e. The van der Waals surface area contributed by atoms with E-state index in [1.165, 1.54) is 13.8 Å². The lowest BCUT2D eigenvalue weighted by Crippen LogP contribution is -2.34. The van der Waals surface area contributed by atoms with Crippen LogP contribution in [0.2, 0.25) is 0 Å². The van der Waals surface area contributed by atoms with Gasteiger partial charge in [0.05, 0.1) is 6.61 Å². The molecule has 0 aliphatic rings. The first kappa shape index (κ1) is 11.6. The second kappa shape index (κ2) is 4.57. The molecule has 0 amide bonds. The van der Waals surface area contributed by atoms with Crippen molar-refractivity contribution < 1.29 is 23.5 Å². The van der Waals surface area contributed by atoms with Gasteiger partial charge in [0.25, 0.3) is 0 Å². The van der Waals surface area contributed by atoms with Crippen LogP contribution in [-0.2, 0) is 18.4 Å². The van der Waals surface area contributed by atoms with Crippen molar-refractivity contribution in [3.63, 3.8) is 0 Å². The third kappa shape index (κ3) is 4.46. The largest absolute Gasteiger partial charge is 0.480 e. The molecule has 0 rings (SSSR count). The van der Waals surface area contributed by atoms with Crippen LogP contribution in [0, 0.1) is 0 Å². The van der Waals surface area contributed by atoms with Crippen molar-refractivity contribution in [3.8, 4) is 0 Å². The van der Waals surface area contributed by atoms with Gasteiger partial charge in [-0.05, 0) is 0 Å². The molecule has 0 aliphatic carbocycles. The average molecular weight is 197 g/mol. The van der Waals surface area contributed by atoms with Crippen LogP contribution in [0.15, 0.2) is 0 Å². The highest BCUT2D eigenvalue weighted by Gasteiger charge is 2.19. The van der Waals surface area contributed by atoms with Crippen LogP contribution in [0.1, 0.15) is 0 Å². The number of carbonyl (C=O) groups is 1. The van der Waals surface area contributed by atoms with E-state index in [4.69, 9.17) is 10.8 Å². The first-order valence-corrected chi connectivity index (χ1v) is 5.14. The summed E-state index contributed by atoms with van der Waals surface area (Å²) < 4.78 is 20.1. The zero-order chi connectivity index (χ0) is 9.78. The number of rotatable bonds is 5. The summed E-state index contributed by atoms with van der Waals surface area (Å²) in [5.74, 6) is -1.20. The van der Waals surface area contributed by atoms with E-state index in [0.717, 1.165) is 0 Å². The number of hydrogen-bond acceptors (Lipinski definition) is 5. The van der Waals surface area contributed by atoms with E-state index in [9.17, 15) is 9.36 Å². The van der Waals surface area contributed by atoms with Crippen molar-refractivity contribution in [2.24, 2.45) is 5.73 Å². The SMILES string of the molecule is COP(C)(=O)OCC(N)C(=O)O. The number of hydrogen-bond donors (Lipinski definition) is 2. The molecule has 0 saturated carbocycles. The predicted octanol–water partition coefficient (Wildman–Crippen LogP) is -0.116. The lowest BCUT2D eigenvalue weighted by atomic mass is 10.3. The van der Waals surface area contributed by atoms with Gasteiger partial charge in [-0.3, -0.25) is 9.36 Å². The molecule has 0 bridgehead atoms. The normalized spacial score (nSPS) is 18.2. The van der Waals surface area contributed by atoms with Crippen molar-refractivity contribution >= 4 is 13.6 Å². The van der Waals surface area contributed by atoms with Gasteiger partial charge >= 0.3 is 13.6 Å². The molecule has 0 fully saturated rings. The van der Waals surface area contributed by atoms with Gasteiger partial charge in [0.15, 0.2) is 0 Å². The molecule has 0 aromatic carbocycles. The fraction of sp³-hybridized carbons (Fsp3) is 0.800. The quantitative estimate of drug-likeness (QED) is 0.596. The van der Waals surface area contributed by atoms with Crippen molar-refractivity contribution in [1.82, 2.24) is 0 Å². The molecule has 2 unspecified atom stereocenters. The van der Waals surface area contributed by atoms with E-state index >= 15 is 0 Å². The van der Waals surface area contributed by atoms with Crippen LogP contribution in [0.25, 0.3) is 0 Å². The van der Waals surface area contributed by atoms with Crippen molar-refractivity contribution in [1.29, 1.82) is 0 Å². The topological polar surface area (TPSA) is 98.9 Å². The summed E-state index contributed by atoms with van der Waals surface area (Å²) in [6, 6.07) is -1.17. The summed E-state index contributed by atoms with van der Waals surface area (Å²) in [4.78, 5) is 10.2. The molecule has 0 radical (unpaired) electrons. The minimum Gasteiger partial charge on any atom is -0.480 e. The smallest absolute Gasteiger partial charge is 0.327 e. The standard InChI is InChI=1S/C5H12NO5P/c1-10-12(2,9)11-3-4(6)5(7)8/h4H,3,6H2,1-2H3,(H,7,8). The number of carboxylic acid groups (broad SMARTS) is 1. The molecule has 0 aliphatic heterocycles. The van der Waals surface area contributed by atoms with E-state index in [2.05, 4.69) is 9.05 Å². The predicted molar refractivity (Wildman–Crippen MR) is 42.1 cm³/mol. The third-order valence-electron chi connectivity index (χ3n) is 1.14. The average Bonchev–Trinajstić information content (AvgIpc) is 2.00. The van der Waals surface area contributed by atoms with E-state index in [0.29, 0.717) is 0 Å². The first-order valence-electron chi connectivity index (χ1n) is 3.15. The Morgan fingerprint density at radius 2 is 2.25 bits per heavy atom. The molecule has 0 saturated heterocycles. The molecule has 7 heteroatoms. The van der Waals surface area contributed by atoms with Crippen molar-refractivity contribution in [2.45, 2.75) is 6.04 Å². The van der Waals surface area contributed by atoms with Crippen LogP contribution in [0.3, 0.4) is 0 Å². The third-order valence-corrected chi connectivity index (χ3v) is 2.42. The Hall–Kier alpha value is -0.420. The molecular weight excluding hydrogens is 185 g/mol. The van der Waals surface area contributed by atoms with Crippen LogP contribution >= 0.6 is 7.60 Å². The number of nitrogens with two attached hydrogens (primary N) is 1. The highest BCUT2D eigenvalue weighted by atomic mass is 31.2. The maximum atomic E-state index is 11.0. The van der Waals surface area contributed by atoms with Crippen molar-refractivity contribution in [2.75, 3.05) is 20.4 Å². The summed E-state index contributed by atoms with van der Waals surface area (Å²) in [6.45, 7) is 0.915. The Morgan fingerprint density at radius 1 is 1.75 bits per heavy atom. The first-order chi connectivity index (χ1) is 5.39. The molecule has 12 heavy (non-hydrogen) atoms. The fourth-order valence-electron chi connectivity index (χ4n) is 0.340. The van der Waals surface area contributed by atoms with Gasteiger partial charge in [-0.1, -0.05) is 0 Å². The summed E-state index contributed by atoms with van der Waals surface area (Å²) >= 11 is 0. The minimum atomic E-state index is -3.11. The summed E-state index contributed by atoms with van der Waals surface area (Å²) in [5, 5.41) is 8.32. The van der Waals surface area contributed by atoms with Gasteiger partial charge in [0.1, 0.15) is 6.04 Å². The minimum absolute atomic E-state index is 0.322. The molecule has 6 nitrogen and oxygen atoms in total. The molecule has 72 valence electrons.